The van der Waals surface area contributed by atoms with Gasteiger partial charge in [-0.1, -0.05) is 28.9 Å². The van der Waals surface area contributed by atoms with Crippen LogP contribution in [0, 0.1) is 5.82 Å². The topological polar surface area (TPSA) is 59.2 Å². The second-order valence-electron chi connectivity index (χ2n) is 6.58. The number of carbonyl (C=O) groups is 1. The first kappa shape index (κ1) is 17.7. The van der Waals surface area contributed by atoms with Gasteiger partial charge in [-0.3, -0.25) is 4.79 Å². The molecule has 1 aromatic heterocycles. The second kappa shape index (κ2) is 7.48. The average molecular weight is 386 g/mol. The van der Waals surface area contributed by atoms with Gasteiger partial charge in [0.1, 0.15) is 5.82 Å². The quantitative estimate of drug-likeness (QED) is 0.663. The minimum atomic E-state index is -0.323. The third kappa shape index (κ3) is 4.01. The number of hydrogen-bond acceptors (Lipinski definition) is 4. The highest BCUT2D eigenvalue weighted by Gasteiger charge is 2.33. The summed E-state index contributed by atoms with van der Waals surface area (Å²) in [7, 11) is 0. The summed E-state index contributed by atoms with van der Waals surface area (Å²) in [4.78, 5) is 18.5. The van der Waals surface area contributed by atoms with Crippen molar-refractivity contribution in [3.63, 3.8) is 0 Å². The van der Waals surface area contributed by atoms with Gasteiger partial charge >= 0.3 is 0 Å². The highest BCUT2D eigenvalue weighted by atomic mass is 35.5. The fraction of sp³-hybridized carbons (Fsp3) is 0.250. The molecule has 1 amide bonds. The van der Waals surface area contributed by atoms with Gasteiger partial charge in [0, 0.05) is 36.0 Å². The van der Waals surface area contributed by atoms with E-state index in [9.17, 15) is 9.18 Å². The first-order valence-corrected chi connectivity index (χ1v) is 9.08. The van der Waals surface area contributed by atoms with E-state index in [1.54, 1.807) is 12.1 Å². The van der Waals surface area contributed by atoms with Crippen LogP contribution in [0.2, 0.25) is 5.02 Å². The molecule has 2 heterocycles. The van der Waals surface area contributed by atoms with Gasteiger partial charge in [0.15, 0.2) is 5.82 Å². The molecule has 5 nitrogen and oxygen atoms in total. The third-order valence-corrected chi connectivity index (χ3v) is 4.95. The Morgan fingerprint density at radius 1 is 1.15 bits per heavy atom. The number of rotatable bonds is 5. The zero-order valence-electron chi connectivity index (χ0n) is 14.4. The van der Waals surface area contributed by atoms with Gasteiger partial charge < -0.3 is 9.42 Å². The van der Waals surface area contributed by atoms with E-state index in [2.05, 4.69) is 10.1 Å². The molecule has 0 bridgehead atoms. The molecular formula is C20H17ClFN3O2. The summed E-state index contributed by atoms with van der Waals surface area (Å²) in [6.45, 7) is 1.20. The zero-order valence-corrected chi connectivity index (χ0v) is 15.2. The molecule has 27 heavy (non-hydrogen) atoms. The van der Waals surface area contributed by atoms with E-state index in [0.29, 0.717) is 41.8 Å². The van der Waals surface area contributed by atoms with Crippen molar-refractivity contribution in [3.05, 3.63) is 70.8 Å². The molecule has 138 valence electrons. The second-order valence-corrected chi connectivity index (χ2v) is 7.02. The van der Waals surface area contributed by atoms with Gasteiger partial charge in [-0.25, -0.2) is 4.39 Å². The van der Waals surface area contributed by atoms with Gasteiger partial charge in [-0.05, 0) is 48.4 Å². The van der Waals surface area contributed by atoms with Crippen molar-refractivity contribution in [1.29, 1.82) is 0 Å². The van der Waals surface area contributed by atoms with Gasteiger partial charge in [-0.15, -0.1) is 0 Å². The Kier molecular flexibility index (Phi) is 4.90. The molecule has 0 N–H and O–H groups in total. The number of halogens is 2. The lowest BCUT2D eigenvalue weighted by Gasteiger charge is -2.15. The number of nitrogens with zero attached hydrogens (tertiary/aromatic N) is 3. The summed E-state index contributed by atoms with van der Waals surface area (Å²) in [5, 5.41) is 4.72. The number of hydrogen-bond donors (Lipinski definition) is 0. The summed E-state index contributed by atoms with van der Waals surface area (Å²) in [6.07, 6.45) is 1.13. The summed E-state index contributed by atoms with van der Waals surface area (Å²) >= 11 is 5.90. The van der Waals surface area contributed by atoms with Gasteiger partial charge in [0.25, 0.3) is 5.89 Å². The van der Waals surface area contributed by atoms with Crippen molar-refractivity contribution in [2.45, 2.75) is 18.8 Å². The fourth-order valence-electron chi connectivity index (χ4n) is 3.19. The monoisotopic (exact) mass is 385 g/mol. The zero-order chi connectivity index (χ0) is 18.8. The van der Waals surface area contributed by atoms with Crippen LogP contribution in [0.15, 0.2) is 53.1 Å². The van der Waals surface area contributed by atoms with Gasteiger partial charge in [0.2, 0.25) is 5.91 Å². The number of aromatic nitrogens is 2. The maximum absolute atomic E-state index is 13.0. The highest BCUT2D eigenvalue weighted by Crippen LogP contribution is 2.28. The van der Waals surface area contributed by atoms with Crippen molar-refractivity contribution >= 4 is 17.5 Å². The first-order valence-electron chi connectivity index (χ1n) is 8.70. The lowest BCUT2D eigenvalue weighted by Crippen LogP contribution is -2.27. The van der Waals surface area contributed by atoms with E-state index in [4.69, 9.17) is 16.1 Å². The molecule has 0 spiro atoms. The molecule has 7 heteroatoms. The molecule has 2 aromatic carbocycles. The third-order valence-electron chi connectivity index (χ3n) is 4.70. The van der Waals surface area contributed by atoms with E-state index in [1.165, 1.54) is 12.1 Å². The molecule has 1 unspecified atom stereocenters. The summed E-state index contributed by atoms with van der Waals surface area (Å²) < 4.78 is 18.3. The SMILES string of the molecule is O=C1CC(c2noc(-c3ccc(F)cc3)n2)CN1CCc1ccc(Cl)cc1. The number of benzene rings is 2. The Bertz CT molecular complexity index is 941. The Labute approximate surface area is 160 Å². The lowest BCUT2D eigenvalue weighted by atomic mass is 10.1. The number of amides is 1. The summed E-state index contributed by atoms with van der Waals surface area (Å²) in [6, 6.07) is 13.5. The van der Waals surface area contributed by atoms with Crippen LogP contribution in [0.5, 0.6) is 0 Å². The lowest BCUT2D eigenvalue weighted by molar-refractivity contribution is -0.127. The smallest absolute Gasteiger partial charge is 0.257 e. The molecule has 1 saturated heterocycles. The van der Waals surface area contributed by atoms with Crippen LogP contribution in [-0.2, 0) is 11.2 Å². The number of likely N-dealkylation sites (tertiary alicyclic amines) is 1. The van der Waals surface area contributed by atoms with E-state index in [1.807, 2.05) is 29.2 Å². The standard InChI is InChI=1S/C20H17ClFN3O2/c21-16-5-1-13(2-6-16)9-10-25-12-15(11-18(25)26)19-23-20(27-24-19)14-3-7-17(22)8-4-14/h1-8,15H,9-12H2. The Morgan fingerprint density at radius 2 is 1.89 bits per heavy atom. The predicted molar refractivity (Wildman–Crippen MR) is 98.8 cm³/mol. The first-order chi connectivity index (χ1) is 13.1. The van der Waals surface area contributed by atoms with Crippen LogP contribution in [0.1, 0.15) is 23.7 Å². The Hall–Kier alpha value is -2.73. The molecule has 0 radical (unpaired) electrons. The summed E-state index contributed by atoms with van der Waals surface area (Å²) in [5.41, 5.74) is 1.79. The van der Waals surface area contributed by atoms with Crippen LogP contribution < -0.4 is 0 Å². The number of carbonyl (C=O) groups excluding carboxylic acids is 1. The molecule has 1 atom stereocenters. The minimum absolute atomic E-state index is 0.0853. The molecule has 1 fully saturated rings. The van der Waals surface area contributed by atoms with E-state index in [0.717, 1.165) is 12.0 Å². The van der Waals surface area contributed by atoms with Crippen LogP contribution in [0.3, 0.4) is 0 Å². The maximum atomic E-state index is 13.0. The predicted octanol–water partition coefficient (Wildman–Crippen LogP) is 4.09. The highest BCUT2D eigenvalue weighted by molar-refractivity contribution is 6.30. The van der Waals surface area contributed by atoms with Gasteiger partial charge in [-0.2, -0.15) is 4.98 Å². The van der Waals surface area contributed by atoms with Crippen molar-refractivity contribution in [2.24, 2.45) is 0 Å². The minimum Gasteiger partial charge on any atom is -0.342 e. The maximum Gasteiger partial charge on any atom is 0.257 e. The molecular weight excluding hydrogens is 369 g/mol. The largest absolute Gasteiger partial charge is 0.342 e. The van der Waals surface area contributed by atoms with Crippen LogP contribution in [-0.4, -0.2) is 34.0 Å². The van der Waals surface area contributed by atoms with Crippen LogP contribution in [0.25, 0.3) is 11.5 Å². The molecule has 1 aliphatic rings. The molecule has 3 aromatic rings. The normalized spacial score (nSPS) is 16.9. The van der Waals surface area contributed by atoms with Gasteiger partial charge in [0.05, 0.1) is 0 Å². The molecule has 0 aliphatic carbocycles. The van der Waals surface area contributed by atoms with E-state index < -0.39 is 0 Å². The van der Waals surface area contributed by atoms with Crippen molar-refractivity contribution in [2.75, 3.05) is 13.1 Å². The average Bonchev–Trinajstić information content (AvgIpc) is 3.29. The molecule has 4 rings (SSSR count). The fourth-order valence-corrected chi connectivity index (χ4v) is 3.31. The van der Waals surface area contributed by atoms with E-state index >= 15 is 0 Å². The van der Waals surface area contributed by atoms with Crippen molar-refractivity contribution in [3.8, 4) is 11.5 Å². The molecule has 1 aliphatic heterocycles. The van der Waals surface area contributed by atoms with Crippen LogP contribution >= 0.6 is 11.6 Å². The Balaban J connectivity index is 1.40. The van der Waals surface area contributed by atoms with E-state index in [-0.39, 0.29) is 17.6 Å². The molecule has 0 saturated carbocycles. The summed E-state index contributed by atoms with van der Waals surface area (Å²) in [5.74, 6) is 0.507. The Morgan fingerprint density at radius 3 is 2.63 bits per heavy atom. The van der Waals surface area contributed by atoms with Crippen LogP contribution in [0.4, 0.5) is 4.39 Å². The van der Waals surface area contributed by atoms with Crippen molar-refractivity contribution in [1.82, 2.24) is 15.0 Å². The van der Waals surface area contributed by atoms with Crippen molar-refractivity contribution < 1.29 is 13.7 Å².